The molecule has 0 radical (unpaired) electrons. The Kier molecular flexibility index (Phi) is 4.54. The van der Waals surface area contributed by atoms with Crippen molar-refractivity contribution in [3.05, 3.63) is 46.5 Å². The van der Waals surface area contributed by atoms with Crippen molar-refractivity contribution in [3.63, 3.8) is 0 Å². The highest BCUT2D eigenvalue weighted by Crippen LogP contribution is 2.25. The summed E-state index contributed by atoms with van der Waals surface area (Å²) in [7, 11) is 0. The van der Waals surface area contributed by atoms with Gasteiger partial charge in [0.2, 0.25) is 0 Å². The van der Waals surface area contributed by atoms with Crippen LogP contribution in [0, 0.1) is 0 Å². The molecule has 2 N–H and O–H groups in total. The van der Waals surface area contributed by atoms with Crippen LogP contribution in [0.2, 0.25) is 0 Å². The molecule has 1 aliphatic rings. The summed E-state index contributed by atoms with van der Waals surface area (Å²) in [6.07, 6.45) is 2.84. The molecule has 7 heteroatoms. The third-order valence-corrected chi connectivity index (χ3v) is 3.60. The van der Waals surface area contributed by atoms with Crippen LogP contribution in [0.5, 0.6) is 5.75 Å². The highest BCUT2D eigenvalue weighted by Gasteiger charge is 2.32. The number of nitrogens with zero attached hydrogens (tertiary/aromatic N) is 1. The van der Waals surface area contributed by atoms with Gasteiger partial charge in [-0.05, 0) is 36.5 Å². The van der Waals surface area contributed by atoms with E-state index in [-0.39, 0.29) is 23.0 Å². The van der Waals surface area contributed by atoms with Crippen LogP contribution in [0.1, 0.15) is 5.56 Å². The van der Waals surface area contributed by atoms with Gasteiger partial charge < -0.3 is 5.11 Å². The van der Waals surface area contributed by atoms with E-state index in [0.717, 1.165) is 0 Å². The van der Waals surface area contributed by atoms with E-state index in [4.69, 9.17) is 12.2 Å². The third kappa shape index (κ3) is 3.20. The number of benzene rings is 1. The van der Waals surface area contributed by atoms with Crippen LogP contribution in [-0.4, -0.2) is 33.5 Å². The molecule has 2 rings (SSSR count). The lowest BCUT2D eigenvalue weighted by Crippen LogP contribution is -2.53. The predicted octanol–water partition coefficient (Wildman–Crippen LogP) is 1.97. The lowest BCUT2D eigenvalue weighted by atomic mass is 10.1. The highest BCUT2D eigenvalue weighted by atomic mass is 79.9. The molecule has 0 aliphatic carbocycles. The predicted molar refractivity (Wildman–Crippen MR) is 86.4 cm³/mol. The van der Waals surface area contributed by atoms with E-state index in [2.05, 4.69) is 27.8 Å². The summed E-state index contributed by atoms with van der Waals surface area (Å²) in [5.74, 6) is -1.15. The number of carbonyl (C=O) groups excluding carboxylic acids is 2. The number of thiocarbonyl (C=S) groups is 1. The standard InChI is InChI=1S/C14H11BrN2O3S/c1-2-5-17-13(20)10(12(19)16-14(17)21)7-8-6-9(15)3-4-11(8)18/h2-4,6-7,18H,1,5H2,(H,16,19,21). The van der Waals surface area contributed by atoms with Crippen LogP contribution < -0.4 is 5.32 Å². The molecule has 1 aliphatic heterocycles. The van der Waals surface area contributed by atoms with Gasteiger partial charge in [-0.2, -0.15) is 0 Å². The first-order chi connectivity index (χ1) is 9.93. The molecule has 5 nitrogen and oxygen atoms in total. The third-order valence-electron chi connectivity index (χ3n) is 2.79. The molecule has 1 saturated heterocycles. The molecule has 0 saturated carbocycles. The molecule has 1 fully saturated rings. The van der Waals surface area contributed by atoms with Crippen molar-refractivity contribution in [3.8, 4) is 5.75 Å². The molecule has 0 aromatic heterocycles. The Hall–Kier alpha value is -1.99. The second-order valence-electron chi connectivity index (χ2n) is 4.22. The van der Waals surface area contributed by atoms with Crippen molar-refractivity contribution >= 4 is 51.2 Å². The largest absolute Gasteiger partial charge is 0.507 e. The molecule has 0 unspecified atom stereocenters. The van der Waals surface area contributed by atoms with Crippen LogP contribution in [0.3, 0.4) is 0 Å². The van der Waals surface area contributed by atoms with E-state index in [1.165, 1.54) is 23.1 Å². The maximum absolute atomic E-state index is 12.3. The van der Waals surface area contributed by atoms with E-state index >= 15 is 0 Å². The molecule has 2 amide bonds. The van der Waals surface area contributed by atoms with Crippen molar-refractivity contribution < 1.29 is 14.7 Å². The number of hydrogen-bond acceptors (Lipinski definition) is 4. The lowest BCUT2D eigenvalue weighted by molar-refractivity contribution is -0.128. The van der Waals surface area contributed by atoms with Crippen molar-refractivity contribution in [2.75, 3.05) is 6.54 Å². The minimum atomic E-state index is -0.593. The van der Waals surface area contributed by atoms with Gasteiger partial charge in [0.25, 0.3) is 11.8 Å². The fourth-order valence-electron chi connectivity index (χ4n) is 1.79. The number of hydrogen-bond donors (Lipinski definition) is 2. The molecule has 1 heterocycles. The van der Waals surface area contributed by atoms with Crippen molar-refractivity contribution in [2.45, 2.75) is 0 Å². The summed E-state index contributed by atoms with van der Waals surface area (Å²) in [6.45, 7) is 3.74. The number of nitrogens with one attached hydrogen (secondary N) is 1. The maximum atomic E-state index is 12.3. The van der Waals surface area contributed by atoms with Gasteiger partial charge in [-0.25, -0.2) is 0 Å². The zero-order chi connectivity index (χ0) is 15.6. The highest BCUT2D eigenvalue weighted by molar-refractivity contribution is 9.10. The monoisotopic (exact) mass is 366 g/mol. The summed E-state index contributed by atoms with van der Waals surface area (Å²) < 4.78 is 0.717. The van der Waals surface area contributed by atoms with Gasteiger partial charge >= 0.3 is 0 Å². The SMILES string of the molecule is C=CCN1C(=O)C(=Cc2cc(Br)ccc2O)C(=O)NC1=S. The molecular formula is C14H11BrN2O3S. The summed E-state index contributed by atoms with van der Waals surface area (Å²) in [4.78, 5) is 25.5. The maximum Gasteiger partial charge on any atom is 0.265 e. The summed E-state index contributed by atoms with van der Waals surface area (Å²) >= 11 is 8.22. The van der Waals surface area contributed by atoms with Gasteiger partial charge in [0.05, 0.1) is 0 Å². The van der Waals surface area contributed by atoms with Gasteiger partial charge in [0, 0.05) is 16.6 Å². The molecule has 108 valence electrons. The Balaban J connectivity index is 2.45. The average molecular weight is 367 g/mol. The Morgan fingerprint density at radius 3 is 2.81 bits per heavy atom. The van der Waals surface area contributed by atoms with E-state index in [1.807, 2.05) is 0 Å². The molecule has 1 aromatic rings. The quantitative estimate of drug-likeness (QED) is 0.371. The Bertz CT molecular complexity index is 685. The number of halogens is 1. The first kappa shape index (κ1) is 15.4. The number of phenolic OH excluding ortho intramolecular Hbond substituents is 1. The van der Waals surface area contributed by atoms with Crippen LogP contribution in [0.4, 0.5) is 0 Å². The smallest absolute Gasteiger partial charge is 0.265 e. The minimum Gasteiger partial charge on any atom is -0.507 e. The Labute approximate surface area is 135 Å². The molecule has 0 bridgehead atoms. The van der Waals surface area contributed by atoms with E-state index in [1.54, 1.807) is 12.1 Å². The fourth-order valence-corrected chi connectivity index (χ4v) is 2.41. The molecule has 0 spiro atoms. The number of rotatable bonds is 3. The molecular weight excluding hydrogens is 356 g/mol. The Morgan fingerprint density at radius 2 is 2.14 bits per heavy atom. The first-order valence-electron chi connectivity index (χ1n) is 5.92. The number of aromatic hydroxyl groups is 1. The summed E-state index contributed by atoms with van der Waals surface area (Å²) in [5, 5.41) is 12.3. The van der Waals surface area contributed by atoms with Gasteiger partial charge in [0.1, 0.15) is 11.3 Å². The zero-order valence-electron chi connectivity index (χ0n) is 10.8. The van der Waals surface area contributed by atoms with E-state index < -0.39 is 11.8 Å². The van der Waals surface area contributed by atoms with Crippen LogP contribution in [0.25, 0.3) is 6.08 Å². The minimum absolute atomic E-state index is 0.0327. The van der Waals surface area contributed by atoms with Crippen LogP contribution in [-0.2, 0) is 9.59 Å². The van der Waals surface area contributed by atoms with E-state index in [0.29, 0.717) is 10.0 Å². The zero-order valence-corrected chi connectivity index (χ0v) is 13.2. The van der Waals surface area contributed by atoms with Gasteiger partial charge in [-0.3, -0.25) is 19.8 Å². The number of amides is 2. The molecule has 0 atom stereocenters. The van der Waals surface area contributed by atoms with Gasteiger partial charge in [0.15, 0.2) is 5.11 Å². The molecule has 1 aromatic carbocycles. The average Bonchev–Trinajstić information content (AvgIpc) is 2.43. The second-order valence-corrected chi connectivity index (χ2v) is 5.53. The van der Waals surface area contributed by atoms with Crippen LogP contribution >= 0.6 is 28.1 Å². The van der Waals surface area contributed by atoms with Crippen molar-refractivity contribution in [2.24, 2.45) is 0 Å². The summed E-state index contributed by atoms with van der Waals surface area (Å²) in [6, 6.07) is 4.72. The van der Waals surface area contributed by atoms with Crippen molar-refractivity contribution in [1.82, 2.24) is 10.2 Å². The van der Waals surface area contributed by atoms with E-state index in [9.17, 15) is 14.7 Å². The Morgan fingerprint density at radius 1 is 1.43 bits per heavy atom. The second kappa shape index (κ2) is 6.19. The fraction of sp³-hybridized carbons (Fsp3) is 0.0714. The lowest BCUT2D eigenvalue weighted by Gasteiger charge is -2.27. The molecule has 21 heavy (non-hydrogen) atoms. The normalized spacial score (nSPS) is 17.1. The summed E-state index contributed by atoms with van der Waals surface area (Å²) in [5.41, 5.74) is 0.257. The van der Waals surface area contributed by atoms with Gasteiger partial charge in [-0.1, -0.05) is 22.0 Å². The first-order valence-corrected chi connectivity index (χ1v) is 7.12. The number of phenols is 1. The van der Waals surface area contributed by atoms with Gasteiger partial charge in [-0.15, -0.1) is 6.58 Å². The topological polar surface area (TPSA) is 69.6 Å². The van der Waals surface area contributed by atoms with Crippen molar-refractivity contribution in [1.29, 1.82) is 0 Å². The number of carbonyl (C=O) groups is 2. The van der Waals surface area contributed by atoms with Crippen LogP contribution in [0.15, 0.2) is 40.9 Å².